The summed E-state index contributed by atoms with van der Waals surface area (Å²) in [4.78, 5) is 0. The lowest BCUT2D eigenvalue weighted by atomic mass is 10.0. The van der Waals surface area contributed by atoms with Crippen molar-refractivity contribution in [1.82, 2.24) is 10.2 Å². The highest BCUT2D eigenvalue weighted by Gasteiger charge is 2.35. The summed E-state index contributed by atoms with van der Waals surface area (Å²) in [6.45, 7) is 0. The minimum absolute atomic E-state index is 0.226. The van der Waals surface area contributed by atoms with Crippen LogP contribution in [0.5, 0.6) is 5.75 Å². The molecule has 29 heavy (non-hydrogen) atoms. The molecule has 0 saturated carbocycles. The molecule has 2 aliphatic rings. The molecule has 0 spiro atoms. The Hall–Kier alpha value is -2.80. The van der Waals surface area contributed by atoms with Crippen LogP contribution >= 0.6 is 0 Å². The Balaban J connectivity index is 1.52. The van der Waals surface area contributed by atoms with Crippen molar-refractivity contribution in [2.75, 3.05) is 5.32 Å². The molecule has 0 amide bonds. The van der Waals surface area contributed by atoms with Gasteiger partial charge in [-0.15, -0.1) is 10.2 Å². The normalized spacial score (nSPS) is 23.6. The van der Waals surface area contributed by atoms with E-state index in [4.69, 9.17) is 4.74 Å². The third kappa shape index (κ3) is 3.40. The van der Waals surface area contributed by atoms with Gasteiger partial charge in [-0.1, -0.05) is 30.3 Å². The van der Waals surface area contributed by atoms with Gasteiger partial charge in [0.15, 0.2) is 5.82 Å². The zero-order chi connectivity index (χ0) is 20.0. The van der Waals surface area contributed by atoms with E-state index < -0.39 is 6.43 Å². The van der Waals surface area contributed by atoms with Gasteiger partial charge < -0.3 is 15.2 Å². The maximum absolute atomic E-state index is 12.9. The minimum atomic E-state index is -2.64. The molecule has 2 bridgehead atoms. The summed E-state index contributed by atoms with van der Waals surface area (Å²) < 4.78 is 31.7. The monoisotopic (exact) mass is 397 g/mol. The zero-order valence-electron chi connectivity index (χ0n) is 15.7. The molecule has 3 aromatic rings. The molecular weight excluding hydrogens is 376 g/mol. The van der Waals surface area contributed by atoms with E-state index in [1.807, 2.05) is 24.3 Å². The van der Waals surface area contributed by atoms with E-state index in [9.17, 15) is 13.9 Å². The van der Waals surface area contributed by atoms with Gasteiger partial charge in [0.25, 0.3) is 6.43 Å². The van der Waals surface area contributed by atoms with Gasteiger partial charge in [-0.05, 0) is 37.8 Å². The fraction of sp³-hybridized carbons (Fsp3) is 0.364. The molecule has 0 radical (unpaired) electrons. The van der Waals surface area contributed by atoms with Crippen LogP contribution in [0.1, 0.15) is 37.7 Å². The van der Waals surface area contributed by atoms with Crippen LogP contribution in [0.25, 0.3) is 22.0 Å². The summed E-state index contributed by atoms with van der Waals surface area (Å²) in [6.07, 6.45) is 2.11. The van der Waals surface area contributed by atoms with E-state index >= 15 is 0 Å². The van der Waals surface area contributed by atoms with Crippen molar-refractivity contribution >= 4 is 16.6 Å². The van der Waals surface area contributed by atoms with E-state index in [1.54, 1.807) is 0 Å². The third-order valence-electron chi connectivity index (χ3n) is 5.85. The van der Waals surface area contributed by atoms with Crippen molar-refractivity contribution in [1.29, 1.82) is 0 Å². The maximum atomic E-state index is 12.9. The summed E-state index contributed by atoms with van der Waals surface area (Å²) in [7, 11) is 0. The standard InChI is InChI=1S/C22H21F2N3O2/c23-21(24)12-5-8-18(19(28)9-12)20-16-3-1-2-4-17(16)22(27-26-20)25-13-10-14-6-7-15(11-13)29-14/h1-5,8-9,13-15,21,28H,6-7,10-11H2,(H,25,27). The van der Waals surface area contributed by atoms with E-state index in [-0.39, 0.29) is 17.4 Å². The van der Waals surface area contributed by atoms with Crippen LogP contribution in [0.4, 0.5) is 14.6 Å². The van der Waals surface area contributed by atoms with Crippen LogP contribution in [0.2, 0.25) is 0 Å². The fourth-order valence-corrected chi connectivity index (χ4v) is 4.46. The first-order chi connectivity index (χ1) is 14.1. The van der Waals surface area contributed by atoms with Crippen molar-refractivity contribution in [2.24, 2.45) is 0 Å². The summed E-state index contributed by atoms with van der Waals surface area (Å²) in [6, 6.07) is 11.8. The molecule has 2 unspecified atom stereocenters. The SMILES string of the molecule is Oc1cc(C(F)F)ccc1-c1nnc(NC2CC3CCC(C2)O3)c2ccccc12. The molecule has 2 fully saturated rings. The average molecular weight is 397 g/mol. The van der Waals surface area contributed by atoms with Gasteiger partial charge >= 0.3 is 0 Å². The molecule has 0 aliphatic carbocycles. The highest BCUT2D eigenvalue weighted by Crippen LogP contribution is 2.38. The Bertz CT molecular complexity index is 1050. The molecule has 2 atom stereocenters. The number of nitrogens with zero attached hydrogens (tertiary/aromatic N) is 2. The smallest absolute Gasteiger partial charge is 0.263 e. The highest BCUT2D eigenvalue weighted by molar-refractivity contribution is 6.00. The molecule has 2 N–H and O–H groups in total. The fourth-order valence-electron chi connectivity index (χ4n) is 4.46. The lowest BCUT2D eigenvalue weighted by Gasteiger charge is -2.29. The molecule has 5 nitrogen and oxygen atoms in total. The molecule has 150 valence electrons. The number of aromatic nitrogens is 2. The van der Waals surface area contributed by atoms with Crippen LogP contribution in [0, 0.1) is 0 Å². The molecule has 2 aliphatic heterocycles. The lowest BCUT2D eigenvalue weighted by Crippen LogP contribution is -2.34. The summed E-state index contributed by atoms with van der Waals surface area (Å²) in [5.41, 5.74) is 0.626. The number of hydrogen-bond acceptors (Lipinski definition) is 5. The van der Waals surface area contributed by atoms with Gasteiger partial charge in [-0.2, -0.15) is 0 Å². The Morgan fingerprint density at radius 2 is 1.72 bits per heavy atom. The lowest BCUT2D eigenvalue weighted by molar-refractivity contribution is 0.000662. The first kappa shape index (κ1) is 18.2. The van der Waals surface area contributed by atoms with Crippen LogP contribution in [0.3, 0.4) is 0 Å². The van der Waals surface area contributed by atoms with E-state index in [0.29, 0.717) is 29.3 Å². The second-order valence-electron chi connectivity index (χ2n) is 7.79. The van der Waals surface area contributed by atoms with Gasteiger partial charge in [0, 0.05) is 27.9 Å². The zero-order valence-corrected chi connectivity index (χ0v) is 15.7. The first-order valence-corrected chi connectivity index (χ1v) is 9.87. The number of nitrogens with one attached hydrogen (secondary N) is 1. The Morgan fingerprint density at radius 1 is 1.00 bits per heavy atom. The van der Waals surface area contributed by atoms with E-state index in [1.165, 1.54) is 12.1 Å². The van der Waals surface area contributed by atoms with Gasteiger partial charge in [0.1, 0.15) is 11.4 Å². The number of benzene rings is 2. The Labute approximate surface area is 166 Å². The Kier molecular flexibility index (Phi) is 4.54. The van der Waals surface area contributed by atoms with Crippen molar-refractivity contribution < 1.29 is 18.6 Å². The minimum Gasteiger partial charge on any atom is -0.507 e. The predicted molar refractivity (Wildman–Crippen MR) is 106 cm³/mol. The highest BCUT2D eigenvalue weighted by atomic mass is 19.3. The van der Waals surface area contributed by atoms with Crippen molar-refractivity contribution in [2.45, 2.75) is 50.4 Å². The predicted octanol–water partition coefficient (Wildman–Crippen LogP) is 5.06. The van der Waals surface area contributed by atoms with Gasteiger partial charge in [0.05, 0.1) is 12.2 Å². The van der Waals surface area contributed by atoms with Gasteiger partial charge in [-0.3, -0.25) is 0 Å². The van der Waals surface area contributed by atoms with E-state index in [2.05, 4.69) is 15.5 Å². The Morgan fingerprint density at radius 3 is 2.41 bits per heavy atom. The number of alkyl halides is 2. The van der Waals surface area contributed by atoms with Crippen molar-refractivity contribution in [3.05, 3.63) is 48.0 Å². The first-order valence-electron chi connectivity index (χ1n) is 9.87. The molecule has 7 heteroatoms. The number of phenols is 1. The number of halogens is 2. The van der Waals surface area contributed by atoms with Crippen molar-refractivity contribution in [3.63, 3.8) is 0 Å². The van der Waals surface area contributed by atoms with Crippen LogP contribution in [-0.4, -0.2) is 33.6 Å². The summed E-state index contributed by atoms with van der Waals surface area (Å²) in [5.74, 6) is 0.461. The molecule has 5 rings (SSSR count). The second-order valence-corrected chi connectivity index (χ2v) is 7.79. The number of aromatic hydroxyl groups is 1. The third-order valence-corrected chi connectivity index (χ3v) is 5.85. The molecule has 3 heterocycles. The molecular formula is C22H21F2N3O2. The quantitative estimate of drug-likeness (QED) is 0.644. The maximum Gasteiger partial charge on any atom is 0.263 e. The number of anilines is 1. The molecule has 1 aromatic heterocycles. The summed E-state index contributed by atoms with van der Waals surface area (Å²) in [5, 5.41) is 24.3. The number of rotatable bonds is 4. The van der Waals surface area contributed by atoms with Crippen LogP contribution in [0.15, 0.2) is 42.5 Å². The van der Waals surface area contributed by atoms with Gasteiger partial charge in [-0.25, -0.2) is 8.78 Å². The number of hydrogen-bond donors (Lipinski definition) is 2. The second kappa shape index (κ2) is 7.22. The number of phenolic OH excluding ortho intramolecular Hbond substituents is 1. The van der Waals surface area contributed by atoms with E-state index in [0.717, 1.165) is 42.5 Å². The summed E-state index contributed by atoms with van der Waals surface area (Å²) >= 11 is 0. The topological polar surface area (TPSA) is 67.3 Å². The number of ether oxygens (including phenoxy) is 1. The largest absolute Gasteiger partial charge is 0.507 e. The molecule has 2 aromatic carbocycles. The van der Waals surface area contributed by atoms with Gasteiger partial charge in [0.2, 0.25) is 0 Å². The van der Waals surface area contributed by atoms with Crippen molar-refractivity contribution in [3.8, 4) is 17.0 Å². The van der Waals surface area contributed by atoms with Crippen LogP contribution < -0.4 is 5.32 Å². The molecule has 2 saturated heterocycles. The average Bonchev–Trinajstić information content (AvgIpc) is 3.06. The van der Waals surface area contributed by atoms with Crippen LogP contribution in [-0.2, 0) is 4.74 Å². The number of fused-ring (bicyclic) bond motifs is 3.